The van der Waals surface area contributed by atoms with Gasteiger partial charge in [-0.15, -0.1) is 0 Å². The van der Waals surface area contributed by atoms with Crippen LogP contribution in [0.1, 0.15) is 22.3 Å². The molecule has 0 radical (unpaired) electrons. The molecule has 0 aromatic heterocycles. The van der Waals surface area contributed by atoms with E-state index in [1.54, 1.807) is 18.2 Å². The number of carbonyl (C=O) groups excluding carboxylic acids is 1. The van der Waals surface area contributed by atoms with Crippen LogP contribution in [0.25, 0.3) is 11.1 Å². The summed E-state index contributed by atoms with van der Waals surface area (Å²) in [5.41, 5.74) is 3.11. The Hall–Kier alpha value is -1.98. The van der Waals surface area contributed by atoms with Crippen LogP contribution in [0.3, 0.4) is 0 Å². The van der Waals surface area contributed by atoms with Crippen molar-refractivity contribution in [3.8, 4) is 11.1 Å². The van der Waals surface area contributed by atoms with Gasteiger partial charge >= 0.3 is 7.12 Å². The molecule has 2 aromatic carbocycles. The molecule has 20 heavy (non-hydrogen) atoms. The SMILES string of the molecule is O=C1CCc2cc(-c3ccc(F)c(B(O)O)c3)ccc21. The van der Waals surface area contributed by atoms with Crippen LogP contribution in [-0.4, -0.2) is 22.9 Å². The number of Topliss-reactive ketones (excluding diaryl/α,β-unsaturated/α-hetero) is 1. The number of halogens is 1. The fraction of sp³-hybridized carbons (Fsp3) is 0.133. The number of hydrogen-bond donors (Lipinski definition) is 2. The standard InChI is InChI=1S/C15H12BFO3/c17-14-5-2-10(8-13(14)16(19)20)9-1-4-12-11(7-9)3-6-15(12)18/h1-2,4-5,7-8,19-20H,3,6H2. The van der Waals surface area contributed by atoms with Crippen molar-refractivity contribution in [3.63, 3.8) is 0 Å². The largest absolute Gasteiger partial charge is 0.491 e. The first-order chi connectivity index (χ1) is 9.56. The molecule has 0 heterocycles. The van der Waals surface area contributed by atoms with Gasteiger partial charge in [-0.2, -0.15) is 0 Å². The van der Waals surface area contributed by atoms with Crippen LogP contribution in [0.5, 0.6) is 0 Å². The van der Waals surface area contributed by atoms with Crippen molar-refractivity contribution < 1.29 is 19.2 Å². The lowest BCUT2D eigenvalue weighted by atomic mass is 9.78. The Morgan fingerprint density at radius 2 is 1.70 bits per heavy atom. The zero-order chi connectivity index (χ0) is 14.3. The third kappa shape index (κ3) is 2.15. The van der Waals surface area contributed by atoms with E-state index in [4.69, 9.17) is 10.0 Å². The lowest BCUT2D eigenvalue weighted by Gasteiger charge is -2.08. The Morgan fingerprint density at radius 3 is 2.45 bits per heavy atom. The van der Waals surface area contributed by atoms with E-state index < -0.39 is 12.9 Å². The van der Waals surface area contributed by atoms with Gasteiger partial charge in [0.15, 0.2) is 5.78 Å². The summed E-state index contributed by atoms with van der Waals surface area (Å²) >= 11 is 0. The van der Waals surface area contributed by atoms with Crippen molar-refractivity contribution in [2.45, 2.75) is 12.8 Å². The highest BCUT2D eigenvalue weighted by Gasteiger charge is 2.21. The van der Waals surface area contributed by atoms with Crippen molar-refractivity contribution in [2.24, 2.45) is 0 Å². The summed E-state index contributed by atoms with van der Waals surface area (Å²) < 4.78 is 13.4. The van der Waals surface area contributed by atoms with Gasteiger partial charge in [-0.3, -0.25) is 4.79 Å². The van der Waals surface area contributed by atoms with E-state index in [1.807, 2.05) is 6.07 Å². The molecule has 1 aliphatic carbocycles. The van der Waals surface area contributed by atoms with Gasteiger partial charge in [0.05, 0.1) is 0 Å². The van der Waals surface area contributed by atoms with E-state index in [-0.39, 0.29) is 11.2 Å². The van der Waals surface area contributed by atoms with E-state index in [9.17, 15) is 9.18 Å². The first-order valence-electron chi connectivity index (χ1n) is 6.38. The fourth-order valence-corrected chi connectivity index (χ4v) is 2.56. The van der Waals surface area contributed by atoms with Gasteiger partial charge in [0.2, 0.25) is 0 Å². The van der Waals surface area contributed by atoms with E-state index in [0.717, 1.165) is 23.1 Å². The maximum absolute atomic E-state index is 13.4. The van der Waals surface area contributed by atoms with Crippen molar-refractivity contribution in [3.05, 3.63) is 53.3 Å². The Kier molecular flexibility index (Phi) is 3.16. The topological polar surface area (TPSA) is 57.5 Å². The number of carbonyl (C=O) groups is 1. The molecule has 100 valence electrons. The highest BCUT2D eigenvalue weighted by molar-refractivity contribution is 6.58. The van der Waals surface area contributed by atoms with Gasteiger partial charge in [0.25, 0.3) is 0 Å². The van der Waals surface area contributed by atoms with Crippen LogP contribution < -0.4 is 5.46 Å². The van der Waals surface area contributed by atoms with Crippen molar-refractivity contribution in [1.82, 2.24) is 0 Å². The molecule has 0 saturated carbocycles. The quantitative estimate of drug-likeness (QED) is 0.809. The third-order valence-corrected chi connectivity index (χ3v) is 3.63. The minimum Gasteiger partial charge on any atom is -0.423 e. The lowest BCUT2D eigenvalue weighted by Crippen LogP contribution is -2.32. The predicted octanol–water partition coefficient (Wildman–Crippen LogP) is 1.30. The van der Waals surface area contributed by atoms with E-state index in [2.05, 4.69) is 0 Å². The first kappa shape index (κ1) is 13.0. The molecule has 2 N–H and O–H groups in total. The van der Waals surface area contributed by atoms with E-state index in [1.165, 1.54) is 12.1 Å². The van der Waals surface area contributed by atoms with Crippen molar-refractivity contribution in [1.29, 1.82) is 0 Å². The van der Waals surface area contributed by atoms with Gasteiger partial charge < -0.3 is 10.0 Å². The number of benzene rings is 2. The Labute approximate surface area is 115 Å². The zero-order valence-electron chi connectivity index (χ0n) is 10.6. The second kappa shape index (κ2) is 4.85. The third-order valence-electron chi connectivity index (χ3n) is 3.63. The molecular formula is C15H12BFO3. The molecule has 3 rings (SSSR count). The number of ketones is 1. The van der Waals surface area contributed by atoms with Crippen LogP contribution in [0.15, 0.2) is 36.4 Å². The summed E-state index contributed by atoms with van der Waals surface area (Å²) in [5.74, 6) is -0.503. The molecule has 0 aliphatic heterocycles. The molecule has 0 spiro atoms. The average Bonchev–Trinajstić information content (AvgIpc) is 2.80. The second-order valence-electron chi connectivity index (χ2n) is 4.91. The normalized spacial score (nSPS) is 13.4. The maximum atomic E-state index is 13.4. The predicted molar refractivity (Wildman–Crippen MR) is 74.3 cm³/mol. The lowest BCUT2D eigenvalue weighted by molar-refractivity contribution is 0.0994. The van der Waals surface area contributed by atoms with Gasteiger partial charge in [-0.1, -0.05) is 30.3 Å². The van der Waals surface area contributed by atoms with E-state index >= 15 is 0 Å². The van der Waals surface area contributed by atoms with Crippen molar-refractivity contribution >= 4 is 18.4 Å². The molecule has 1 aliphatic rings. The van der Waals surface area contributed by atoms with Crippen molar-refractivity contribution in [2.75, 3.05) is 0 Å². The summed E-state index contributed by atoms with van der Waals surface area (Å²) in [6.45, 7) is 0. The summed E-state index contributed by atoms with van der Waals surface area (Å²) in [7, 11) is -1.84. The van der Waals surface area contributed by atoms with Crippen LogP contribution in [0.4, 0.5) is 4.39 Å². The molecule has 5 heteroatoms. The monoisotopic (exact) mass is 270 g/mol. The summed E-state index contributed by atoms with van der Waals surface area (Å²) in [6, 6.07) is 9.68. The number of rotatable bonds is 2. The van der Waals surface area contributed by atoms with Crippen LogP contribution in [0.2, 0.25) is 0 Å². The van der Waals surface area contributed by atoms with Gasteiger partial charge in [0.1, 0.15) is 5.82 Å². The molecular weight excluding hydrogens is 258 g/mol. The minimum absolute atomic E-state index is 0.150. The van der Waals surface area contributed by atoms with Crippen LogP contribution in [0, 0.1) is 5.82 Å². The molecule has 0 bridgehead atoms. The number of hydrogen-bond acceptors (Lipinski definition) is 3. The molecule has 2 aromatic rings. The highest BCUT2D eigenvalue weighted by atomic mass is 19.1. The Morgan fingerprint density at radius 1 is 1.00 bits per heavy atom. The number of fused-ring (bicyclic) bond motifs is 1. The Balaban J connectivity index is 2.06. The molecule has 0 atom stereocenters. The molecule has 0 saturated heterocycles. The molecule has 0 fully saturated rings. The maximum Gasteiger partial charge on any atom is 0.491 e. The van der Waals surface area contributed by atoms with Crippen LogP contribution in [-0.2, 0) is 6.42 Å². The number of aryl methyl sites for hydroxylation is 1. The zero-order valence-corrected chi connectivity index (χ0v) is 10.6. The Bertz CT molecular complexity index is 698. The van der Waals surface area contributed by atoms with E-state index in [0.29, 0.717) is 12.0 Å². The van der Waals surface area contributed by atoms with Gasteiger partial charge in [-0.05, 0) is 29.2 Å². The summed E-state index contributed by atoms with van der Waals surface area (Å²) in [6.07, 6.45) is 1.25. The second-order valence-corrected chi connectivity index (χ2v) is 4.91. The molecule has 0 unspecified atom stereocenters. The molecule has 0 amide bonds. The molecule has 3 nitrogen and oxygen atoms in total. The summed E-state index contributed by atoms with van der Waals surface area (Å²) in [5, 5.41) is 18.3. The minimum atomic E-state index is -1.84. The van der Waals surface area contributed by atoms with Gasteiger partial charge in [-0.25, -0.2) is 4.39 Å². The average molecular weight is 270 g/mol. The fourth-order valence-electron chi connectivity index (χ4n) is 2.56. The smallest absolute Gasteiger partial charge is 0.423 e. The first-order valence-corrected chi connectivity index (χ1v) is 6.38. The van der Waals surface area contributed by atoms with Gasteiger partial charge in [0, 0.05) is 17.4 Å². The van der Waals surface area contributed by atoms with Crippen LogP contribution >= 0.6 is 0 Å². The highest BCUT2D eigenvalue weighted by Crippen LogP contribution is 2.27. The summed E-state index contributed by atoms with van der Waals surface area (Å²) in [4.78, 5) is 11.6.